The molecule has 2 heterocycles. The standard InChI is InChI=1S/C15H11BrFN5O/c16-9-3-4-12(11(17)6-9)22-14-13(18)15(21-8-20-14)23-10-2-1-5-19-7-10/h1-8H,18H2,(H,20,21,22). The van der Waals surface area contributed by atoms with Gasteiger partial charge in [0.1, 0.15) is 23.6 Å². The normalized spacial score (nSPS) is 10.3. The van der Waals surface area contributed by atoms with E-state index in [0.717, 1.165) is 0 Å². The number of benzene rings is 1. The van der Waals surface area contributed by atoms with E-state index in [4.69, 9.17) is 10.5 Å². The Morgan fingerprint density at radius 1 is 1.22 bits per heavy atom. The van der Waals surface area contributed by atoms with Crippen molar-refractivity contribution in [3.63, 3.8) is 0 Å². The predicted octanol–water partition coefficient (Wildman–Crippen LogP) is 3.89. The molecule has 0 unspecified atom stereocenters. The molecular formula is C15H11BrFN5O. The van der Waals surface area contributed by atoms with Gasteiger partial charge >= 0.3 is 0 Å². The van der Waals surface area contributed by atoms with Crippen molar-refractivity contribution in [1.82, 2.24) is 15.0 Å². The number of ether oxygens (including phenoxy) is 1. The van der Waals surface area contributed by atoms with Crippen molar-refractivity contribution in [3.05, 3.63) is 59.3 Å². The number of pyridine rings is 1. The van der Waals surface area contributed by atoms with Crippen LogP contribution in [0.1, 0.15) is 0 Å². The largest absolute Gasteiger partial charge is 0.435 e. The lowest BCUT2D eigenvalue weighted by Crippen LogP contribution is -2.04. The Bertz CT molecular complexity index is 831. The van der Waals surface area contributed by atoms with Crippen LogP contribution in [0.2, 0.25) is 0 Å². The molecule has 2 aromatic heterocycles. The Hall–Kier alpha value is -2.74. The Kier molecular flexibility index (Phi) is 4.33. The maximum absolute atomic E-state index is 13.9. The molecule has 23 heavy (non-hydrogen) atoms. The highest BCUT2D eigenvalue weighted by Crippen LogP contribution is 2.31. The van der Waals surface area contributed by atoms with E-state index in [9.17, 15) is 4.39 Å². The van der Waals surface area contributed by atoms with Gasteiger partial charge in [0.25, 0.3) is 0 Å². The highest BCUT2D eigenvalue weighted by molar-refractivity contribution is 9.10. The first kappa shape index (κ1) is 15.2. The van der Waals surface area contributed by atoms with Crippen molar-refractivity contribution in [2.45, 2.75) is 0 Å². The molecule has 0 bridgehead atoms. The Balaban J connectivity index is 1.87. The second-order valence-corrected chi connectivity index (χ2v) is 5.40. The van der Waals surface area contributed by atoms with Gasteiger partial charge in [-0.15, -0.1) is 0 Å². The van der Waals surface area contributed by atoms with Gasteiger partial charge in [0.2, 0.25) is 5.88 Å². The van der Waals surface area contributed by atoms with Crippen molar-refractivity contribution in [2.24, 2.45) is 0 Å². The van der Waals surface area contributed by atoms with Gasteiger partial charge in [-0.3, -0.25) is 4.98 Å². The highest BCUT2D eigenvalue weighted by Gasteiger charge is 2.12. The van der Waals surface area contributed by atoms with Crippen molar-refractivity contribution in [2.75, 3.05) is 11.1 Å². The molecule has 0 aliphatic carbocycles. The summed E-state index contributed by atoms with van der Waals surface area (Å²) in [5.41, 5.74) is 6.40. The van der Waals surface area contributed by atoms with Crippen LogP contribution in [0.3, 0.4) is 0 Å². The second-order valence-electron chi connectivity index (χ2n) is 4.48. The number of nitrogens with zero attached hydrogens (tertiary/aromatic N) is 3. The second kappa shape index (κ2) is 6.57. The van der Waals surface area contributed by atoms with E-state index >= 15 is 0 Å². The zero-order valence-electron chi connectivity index (χ0n) is 11.7. The Labute approximate surface area is 139 Å². The monoisotopic (exact) mass is 375 g/mol. The van der Waals surface area contributed by atoms with Gasteiger partial charge in [-0.1, -0.05) is 15.9 Å². The number of aromatic nitrogens is 3. The third kappa shape index (κ3) is 3.54. The molecule has 3 rings (SSSR count). The van der Waals surface area contributed by atoms with Gasteiger partial charge in [-0.05, 0) is 30.3 Å². The molecular weight excluding hydrogens is 365 g/mol. The van der Waals surface area contributed by atoms with Crippen LogP contribution in [0.4, 0.5) is 21.6 Å². The van der Waals surface area contributed by atoms with Crippen LogP contribution < -0.4 is 15.8 Å². The molecule has 0 fully saturated rings. The molecule has 3 aromatic rings. The van der Waals surface area contributed by atoms with E-state index in [1.165, 1.54) is 18.6 Å². The van der Waals surface area contributed by atoms with Gasteiger partial charge in [0.05, 0.1) is 11.9 Å². The number of nitrogen functional groups attached to an aromatic ring is 1. The molecule has 0 saturated heterocycles. The maximum Gasteiger partial charge on any atom is 0.248 e. The lowest BCUT2D eigenvalue weighted by Gasteiger charge is -2.12. The molecule has 0 atom stereocenters. The van der Waals surface area contributed by atoms with Crippen LogP contribution in [0.5, 0.6) is 11.6 Å². The maximum atomic E-state index is 13.9. The van der Waals surface area contributed by atoms with Crippen LogP contribution in [-0.2, 0) is 0 Å². The number of nitrogens with one attached hydrogen (secondary N) is 1. The zero-order chi connectivity index (χ0) is 16.2. The summed E-state index contributed by atoms with van der Waals surface area (Å²) in [6.45, 7) is 0. The fraction of sp³-hybridized carbons (Fsp3) is 0. The third-order valence-electron chi connectivity index (χ3n) is 2.88. The predicted molar refractivity (Wildman–Crippen MR) is 88.1 cm³/mol. The Morgan fingerprint density at radius 2 is 2.09 bits per heavy atom. The number of nitrogens with two attached hydrogens (primary N) is 1. The van der Waals surface area contributed by atoms with E-state index < -0.39 is 5.82 Å². The highest BCUT2D eigenvalue weighted by atomic mass is 79.9. The third-order valence-corrected chi connectivity index (χ3v) is 3.37. The first-order valence-electron chi connectivity index (χ1n) is 6.54. The van der Waals surface area contributed by atoms with E-state index in [2.05, 4.69) is 36.2 Å². The summed E-state index contributed by atoms with van der Waals surface area (Å²) in [6, 6.07) is 8.06. The van der Waals surface area contributed by atoms with E-state index in [1.807, 2.05) is 0 Å². The lowest BCUT2D eigenvalue weighted by atomic mass is 10.3. The van der Waals surface area contributed by atoms with Crippen LogP contribution >= 0.6 is 15.9 Å². The molecule has 0 amide bonds. The fourth-order valence-corrected chi connectivity index (χ4v) is 2.13. The van der Waals surface area contributed by atoms with Crippen molar-refractivity contribution < 1.29 is 9.13 Å². The summed E-state index contributed by atoms with van der Waals surface area (Å²) in [6.07, 6.45) is 4.43. The lowest BCUT2D eigenvalue weighted by molar-refractivity contribution is 0.462. The van der Waals surface area contributed by atoms with E-state index in [1.54, 1.807) is 30.5 Å². The summed E-state index contributed by atoms with van der Waals surface area (Å²) in [5.74, 6) is 0.457. The summed E-state index contributed by atoms with van der Waals surface area (Å²) in [7, 11) is 0. The summed E-state index contributed by atoms with van der Waals surface area (Å²) in [4.78, 5) is 11.9. The average Bonchev–Trinajstić information content (AvgIpc) is 2.54. The number of hydrogen-bond acceptors (Lipinski definition) is 6. The van der Waals surface area contributed by atoms with E-state index in [0.29, 0.717) is 10.2 Å². The number of anilines is 3. The molecule has 1 aromatic carbocycles. The Morgan fingerprint density at radius 3 is 2.83 bits per heavy atom. The topological polar surface area (TPSA) is 86.0 Å². The summed E-state index contributed by atoms with van der Waals surface area (Å²) < 4.78 is 20.1. The summed E-state index contributed by atoms with van der Waals surface area (Å²) >= 11 is 3.20. The fourth-order valence-electron chi connectivity index (χ4n) is 1.80. The van der Waals surface area contributed by atoms with Gasteiger partial charge in [-0.25, -0.2) is 9.37 Å². The molecule has 0 radical (unpaired) electrons. The molecule has 0 aliphatic heterocycles. The van der Waals surface area contributed by atoms with Gasteiger partial charge < -0.3 is 15.8 Å². The van der Waals surface area contributed by atoms with Crippen LogP contribution in [0.15, 0.2) is 53.5 Å². The van der Waals surface area contributed by atoms with Gasteiger partial charge in [0.15, 0.2) is 5.82 Å². The molecule has 116 valence electrons. The van der Waals surface area contributed by atoms with Crippen LogP contribution in [0, 0.1) is 5.82 Å². The molecule has 6 nitrogen and oxygen atoms in total. The van der Waals surface area contributed by atoms with Gasteiger partial charge in [-0.2, -0.15) is 4.98 Å². The molecule has 8 heteroatoms. The average molecular weight is 376 g/mol. The summed E-state index contributed by atoms with van der Waals surface area (Å²) in [5, 5.41) is 2.83. The zero-order valence-corrected chi connectivity index (χ0v) is 13.3. The smallest absolute Gasteiger partial charge is 0.248 e. The quantitative estimate of drug-likeness (QED) is 0.719. The first-order valence-corrected chi connectivity index (χ1v) is 7.33. The number of halogens is 2. The minimum Gasteiger partial charge on any atom is -0.435 e. The molecule has 3 N–H and O–H groups in total. The minimum absolute atomic E-state index is 0.160. The first-order chi connectivity index (χ1) is 11.1. The van der Waals surface area contributed by atoms with Crippen molar-refractivity contribution >= 4 is 33.1 Å². The number of rotatable bonds is 4. The minimum atomic E-state index is -0.438. The van der Waals surface area contributed by atoms with Crippen molar-refractivity contribution in [1.29, 1.82) is 0 Å². The molecule has 0 aliphatic rings. The molecule has 0 spiro atoms. The van der Waals surface area contributed by atoms with Crippen LogP contribution in [-0.4, -0.2) is 15.0 Å². The van der Waals surface area contributed by atoms with Crippen LogP contribution in [0.25, 0.3) is 0 Å². The number of hydrogen-bond donors (Lipinski definition) is 2. The molecule has 0 saturated carbocycles. The SMILES string of the molecule is Nc1c(Nc2ccc(Br)cc2F)ncnc1Oc1cccnc1. The van der Waals surface area contributed by atoms with Crippen molar-refractivity contribution in [3.8, 4) is 11.6 Å². The van der Waals surface area contributed by atoms with Gasteiger partial charge in [0, 0.05) is 10.7 Å². The van der Waals surface area contributed by atoms with E-state index in [-0.39, 0.29) is 23.1 Å².